The molecule has 0 aromatic carbocycles. The second-order valence-electron chi connectivity index (χ2n) is 8.23. The van der Waals surface area contributed by atoms with Crippen LogP contribution in [0.25, 0.3) is 55.4 Å². The number of nitrogens with one attached hydrogen (secondary N) is 2. The Morgan fingerprint density at radius 2 is 1.85 bits per heavy atom. The summed E-state index contributed by atoms with van der Waals surface area (Å²) in [6, 6.07) is 11.0. The van der Waals surface area contributed by atoms with Gasteiger partial charge in [0, 0.05) is 30.7 Å². The smallest absolute Gasteiger partial charge is 0.177 e. The Balaban J connectivity index is 1.45. The molecule has 8 nitrogen and oxygen atoms in total. The summed E-state index contributed by atoms with van der Waals surface area (Å²) in [7, 11) is 4.05. The van der Waals surface area contributed by atoms with E-state index in [1.165, 1.54) is 6.07 Å². The molecule has 10 heteroatoms. The molecule has 2 N–H and O–H groups in total. The van der Waals surface area contributed by atoms with Gasteiger partial charge in [-0.05, 0) is 56.1 Å². The molecule has 0 aliphatic heterocycles. The number of aromatic nitrogens is 7. The zero-order chi connectivity index (χ0) is 23.2. The molecule has 6 rings (SSSR count). The predicted octanol–water partition coefficient (Wildman–Crippen LogP) is 4.89. The molecular formula is C24H19FN8S. The number of imidazole rings is 1. The first-order chi connectivity index (χ1) is 16.5. The van der Waals surface area contributed by atoms with E-state index < -0.39 is 0 Å². The third-order valence-corrected chi connectivity index (χ3v) is 6.31. The molecule has 0 bridgehead atoms. The summed E-state index contributed by atoms with van der Waals surface area (Å²) >= 11 is 1.04. The van der Waals surface area contributed by atoms with E-state index in [1.54, 1.807) is 12.3 Å². The van der Waals surface area contributed by atoms with Crippen LogP contribution in [0, 0.1) is 5.13 Å². The summed E-state index contributed by atoms with van der Waals surface area (Å²) in [5.74, 6) is 0.566. The highest BCUT2D eigenvalue weighted by Crippen LogP contribution is 2.33. The highest BCUT2D eigenvalue weighted by Gasteiger charge is 2.18. The maximum absolute atomic E-state index is 13.6. The summed E-state index contributed by atoms with van der Waals surface area (Å²) in [6.45, 7) is 0.795. The molecule has 0 radical (unpaired) electrons. The van der Waals surface area contributed by atoms with Crippen LogP contribution in [0.4, 0.5) is 4.39 Å². The molecule has 0 amide bonds. The highest BCUT2D eigenvalue weighted by molar-refractivity contribution is 7.13. The van der Waals surface area contributed by atoms with E-state index in [9.17, 15) is 4.39 Å². The normalized spacial score (nSPS) is 11.8. The van der Waals surface area contributed by atoms with Gasteiger partial charge in [0.1, 0.15) is 16.7 Å². The zero-order valence-electron chi connectivity index (χ0n) is 18.4. The van der Waals surface area contributed by atoms with Crippen molar-refractivity contribution in [2.75, 3.05) is 14.1 Å². The number of pyridine rings is 3. The second kappa shape index (κ2) is 8.08. The largest absolute Gasteiger partial charge is 0.336 e. The summed E-state index contributed by atoms with van der Waals surface area (Å²) in [5.41, 5.74) is 7.04. The molecule has 34 heavy (non-hydrogen) atoms. The number of hydrogen-bond donors (Lipinski definition) is 2. The Bertz CT molecular complexity index is 1650. The van der Waals surface area contributed by atoms with Crippen LogP contribution in [-0.2, 0) is 6.54 Å². The van der Waals surface area contributed by atoms with Crippen LogP contribution in [0.2, 0.25) is 0 Å². The van der Waals surface area contributed by atoms with Crippen molar-refractivity contribution in [2.24, 2.45) is 0 Å². The molecular weight excluding hydrogens is 451 g/mol. The standard InChI is InChI=1S/C24H19FN8S/c1-33(2)12-13-9-14(11-26-10-13)15-3-4-17-21(28-15)23(32-31-17)24-29-16-7-8-27-22(20(16)30-24)18-5-6-19(25)34-18/h3-11H,12H2,1-2H3,(H,29,30)(H,31,32). The maximum atomic E-state index is 13.6. The number of nitrogens with zero attached hydrogens (tertiary/aromatic N) is 6. The van der Waals surface area contributed by atoms with Crippen LogP contribution in [0.5, 0.6) is 0 Å². The Labute approximate surface area is 197 Å². The Hall–Kier alpha value is -4.02. The van der Waals surface area contributed by atoms with Gasteiger partial charge in [0.15, 0.2) is 16.6 Å². The second-order valence-corrected chi connectivity index (χ2v) is 9.26. The van der Waals surface area contributed by atoms with Gasteiger partial charge in [-0.15, -0.1) is 11.3 Å². The van der Waals surface area contributed by atoms with Crippen LogP contribution < -0.4 is 0 Å². The molecule has 0 unspecified atom stereocenters. The monoisotopic (exact) mass is 470 g/mol. The average Bonchev–Trinajstić information content (AvgIpc) is 3.55. The fourth-order valence-corrected chi connectivity index (χ4v) is 4.70. The van der Waals surface area contributed by atoms with Crippen molar-refractivity contribution in [3.05, 3.63) is 65.7 Å². The number of fused-ring (bicyclic) bond motifs is 2. The number of hydrogen-bond acceptors (Lipinski definition) is 7. The van der Waals surface area contributed by atoms with Crippen molar-refractivity contribution in [2.45, 2.75) is 6.54 Å². The van der Waals surface area contributed by atoms with E-state index in [1.807, 2.05) is 44.7 Å². The summed E-state index contributed by atoms with van der Waals surface area (Å²) in [5, 5.41) is 7.26. The van der Waals surface area contributed by atoms with E-state index in [4.69, 9.17) is 9.97 Å². The quantitative estimate of drug-likeness (QED) is 0.372. The molecule has 168 valence electrons. The molecule has 6 aromatic heterocycles. The zero-order valence-corrected chi connectivity index (χ0v) is 19.2. The van der Waals surface area contributed by atoms with E-state index in [0.717, 1.165) is 50.6 Å². The minimum absolute atomic E-state index is 0.260. The van der Waals surface area contributed by atoms with Gasteiger partial charge >= 0.3 is 0 Å². The number of aromatic amines is 2. The molecule has 0 saturated carbocycles. The SMILES string of the molecule is CN(C)Cc1cncc(-c2ccc3[nH]nc(-c4nc5c(-c6ccc(F)s6)nccc5[nH]4)c3n2)c1. The van der Waals surface area contributed by atoms with Crippen LogP contribution in [0.15, 0.2) is 55.0 Å². The number of H-pyrrole nitrogens is 2. The van der Waals surface area contributed by atoms with Crippen molar-refractivity contribution < 1.29 is 4.39 Å². The molecule has 6 aromatic rings. The lowest BCUT2D eigenvalue weighted by Gasteiger charge is -2.10. The number of halogens is 1. The lowest BCUT2D eigenvalue weighted by Crippen LogP contribution is -2.10. The fourth-order valence-electron chi connectivity index (χ4n) is 3.97. The minimum atomic E-state index is -0.260. The molecule has 0 spiro atoms. The summed E-state index contributed by atoms with van der Waals surface area (Å²) in [6.07, 6.45) is 5.36. The van der Waals surface area contributed by atoms with Gasteiger partial charge in [0.05, 0.1) is 21.6 Å². The van der Waals surface area contributed by atoms with Crippen LogP contribution >= 0.6 is 11.3 Å². The maximum Gasteiger partial charge on any atom is 0.177 e. The predicted molar refractivity (Wildman–Crippen MR) is 131 cm³/mol. The number of rotatable bonds is 5. The Morgan fingerprint density at radius 1 is 0.971 bits per heavy atom. The summed E-state index contributed by atoms with van der Waals surface area (Å²) < 4.78 is 13.6. The highest BCUT2D eigenvalue weighted by atomic mass is 32.1. The van der Waals surface area contributed by atoms with Crippen molar-refractivity contribution >= 4 is 33.4 Å². The van der Waals surface area contributed by atoms with Gasteiger partial charge in [0.25, 0.3) is 0 Å². The van der Waals surface area contributed by atoms with Gasteiger partial charge in [-0.25, -0.2) is 9.97 Å². The number of thiophene rings is 1. The molecule has 0 aliphatic carbocycles. The van der Waals surface area contributed by atoms with E-state index in [-0.39, 0.29) is 5.13 Å². The van der Waals surface area contributed by atoms with E-state index >= 15 is 0 Å². The minimum Gasteiger partial charge on any atom is -0.336 e. The third-order valence-electron chi connectivity index (χ3n) is 5.43. The first-order valence-electron chi connectivity index (χ1n) is 10.6. The first kappa shape index (κ1) is 20.6. The van der Waals surface area contributed by atoms with E-state index in [2.05, 4.69) is 36.1 Å². The lowest BCUT2D eigenvalue weighted by molar-refractivity contribution is 0.402. The molecule has 6 heterocycles. The van der Waals surface area contributed by atoms with Gasteiger partial charge in [0.2, 0.25) is 0 Å². The molecule has 0 aliphatic rings. The van der Waals surface area contributed by atoms with Crippen LogP contribution in [0.3, 0.4) is 0 Å². The Kier molecular flexibility index (Phi) is 4.89. The van der Waals surface area contributed by atoms with Gasteiger partial charge in [-0.3, -0.25) is 15.1 Å². The van der Waals surface area contributed by atoms with Crippen molar-refractivity contribution in [1.82, 2.24) is 40.0 Å². The molecule has 0 fully saturated rings. The van der Waals surface area contributed by atoms with E-state index in [0.29, 0.717) is 28.2 Å². The summed E-state index contributed by atoms with van der Waals surface area (Å²) in [4.78, 5) is 24.6. The van der Waals surface area contributed by atoms with Crippen molar-refractivity contribution in [3.63, 3.8) is 0 Å². The van der Waals surface area contributed by atoms with Crippen LogP contribution in [0.1, 0.15) is 5.56 Å². The fraction of sp³-hybridized carbons (Fsp3) is 0.125. The topological polar surface area (TPSA) is 99.3 Å². The van der Waals surface area contributed by atoms with Crippen LogP contribution in [-0.4, -0.2) is 54.1 Å². The first-order valence-corrected chi connectivity index (χ1v) is 11.4. The van der Waals surface area contributed by atoms with Crippen molar-refractivity contribution in [1.29, 1.82) is 0 Å². The van der Waals surface area contributed by atoms with Crippen molar-refractivity contribution in [3.8, 4) is 33.3 Å². The van der Waals surface area contributed by atoms with Gasteiger partial charge in [-0.2, -0.15) is 9.49 Å². The Morgan fingerprint density at radius 3 is 2.68 bits per heavy atom. The van der Waals surface area contributed by atoms with Gasteiger partial charge in [-0.1, -0.05) is 0 Å². The average molecular weight is 471 g/mol. The third kappa shape index (κ3) is 3.62. The lowest BCUT2D eigenvalue weighted by atomic mass is 10.1. The molecule has 0 atom stereocenters. The van der Waals surface area contributed by atoms with Gasteiger partial charge < -0.3 is 9.88 Å². The molecule has 0 saturated heterocycles.